The summed E-state index contributed by atoms with van der Waals surface area (Å²) >= 11 is 0. The Morgan fingerprint density at radius 2 is 1.67 bits per heavy atom. The fourth-order valence-corrected chi connectivity index (χ4v) is 1.96. The van der Waals surface area contributed by atoms with Crippen LogP contribution in [0, 0.1) is 11.3 Å². The van der Waals surface area contributed by atoms with E-state index in [-0.39, 0.29) is 13.1 Å². The van der Waals surface area contributed by atoms with E-state index in [9.17, 15) is 18.0 Å². The van der Waals surface area contributed by atoms with Crippen LogP contribution in [0.25, 0.3) is 0 Å². The summed E-state index contributed by atoms with van der Waals surface area (Å²) in [7, 11) is 0. The first-order valence-electron chi connectivity index (χ1n) is 5.94. The zero-order chi connectivity index (χ0) is 14.4. The largest absolute Gasteiger partial charge is 0.444 e. The van der Waals surface area contributed by atoms with E-state index in [1.165, 1.54) is 13.8 Å². The van der Waals surface area contributed by atoms with Gasteiger partial charge in [0, 0.05) is 13.1 Å². The minimum atomic E-state index is -4.29. The van der Waals surface area contributed by atoms with Gasteiger partial charge in [0.2, 0.25) is 0 Å². The molecule has 1 aliphatic rings. The summed E-state index contributed by atoms with van der Waals surface area (Å²) in [6.45, 7) is 7.48. The molecule has 1 amide bonds. The second-order valence-electron chi connectivity index (χ2n) is 6.15. The fraction of sp³-hybridized carbons (Fsp3) is 0.917. The number of rotatable bonds is 1. The van der Waals surface area contributed by atoms with E-state index >= 15 is 0 Å². The van der Waals surface area contributed by atoms with E-state index in [2.05, 4.69) is 0 Å². The number of hydrogen-bond donors (Lipinski definition) is 0. The molecule has 0 aromatic carbocycles. The highest BCUT2D eigenvalue weighted by atomic mass is 19.4. The second kappa shape index (κ2) is 4.31. The van der Waals surface area contributed by atoms with Gasteiger partial charge >= 0.3 is 12.3 Å². The third-order valence-electron chi connectivity index (χ3n) is 3.27. The van der Waals surface area contributed by atoms with Crippen LogP contribution in [0.15, 0.2) is 0 Å². The Morgan fingerprint density at radius 1 is 1.22 bits per heavy atom. The Bertz CT molecular complexity index is 325. The van der Waals surface area contributed by atoms with Gasteiger partial charge in [-0.2, -0.15) is 13.2 Å². The summed E-state index contributed by atoms with van der Waals surface area (Å²) in [6, 6.07) is 0. The monoisotopic (exact) mass is 267 g/mol. The van der Waals surface area contributed by atoms with Crippen LogP contribution in [0.3, 0.4) is 0 Å². The van der Waals surface area contributed by atoms with Crippen molar-refractivity contribution >= 4 is 6.09 Å². The molecule has 0 bridgehead atoms. The molecule has 0 saturated carbocycles. The lowest BCUT2D eigenvalue weighted by Crippen LogP contribution is -2.67. The summed E-state index contributed by atoms with van der Waals surface area (Å²) in [5.41, 5.74) is -2.48. The van der Waals surface area contributed by atoms with Crippen molar-refractivity contribution in [1.29, 1.82) is 0 Å². The number of carbonyl (C=O) groups is 1. The summed E-state index contributed by atoms with van der Waals surface area (Å²) in [4.78, 5) is 12.7. The lowest BCUT2D eigenvalue weighted by molar-refractivity contribution is -0.278. The fourth-order valence-electron chi connectivity index (χ4n) is 1.96. The Hall–Kier alpha value is -0.940. The van der Waals surface area contributed by atoms with Crippen molar-refractivity contribution in [3.63, 3.8) is 0 Å². The molecule has 18 heavy (non-hydrogen) atoms. The van der Waals surface area contributed by atoms with Gasteiger partial charge in [0.15, 0.2) is 0 Å². The van der Waals surface area contributed by atoms with E-state index in [0.717, 1.165) is 4.90 Å². The molecular weight excluding hydrogens is 247 g/mol. The second-order valence-corrected chi connectivity index (χ2v) is 6.15. The number of hydrogen-bond acceptors (Lipinski definition) is 2. The number of likely N-dealkylation sites (tertiary alicyclic amines) is 1. The average Bonchev–Trinajstić information content (AvgIpc) is 1.92. The molecule has 1 aliphatic heterocycles. The van der Waals surface area contributed by atoms with Crippen LogP contribution in [-0.2, 0) is 4.74 Å². The summed E-state index contributed by atoms with van der Waals surface area (Å²) in [5.74, 6) is -0.559. The zero-order valence-electron chi connectivity index (χ0n) is 11.4. The molecule has 0 atom stereocenters. The number of nitrogens with zero attached hydrogens (tertiary/aromatic N) is 1. The van der Waals surface area contributed by atoms with Crippen molar-refractivity contribution in [2.24, 2.45) is 11.3 Å². The molecule has 0 aromatic heterocycles. The van der Waals surface area contributed by atoms with E-state index in [1.807, 2.05) is 0 Å². The van der Waals surface area contributed by atoms with Crippen LogP contribution in [0.1, 0.15) is 34.6 Å². The Morgan fingerprint density at radius 3 is 1.94 bits per heavy atom. The molecule has 1 rings (SSSR count). The Balaban J connectivity index is 2.69. The smallest absolute Gasteiger partial charge is 0.410 e. The molecule has 0 aliphatic carbocycles. The topological polar surface area (TPSA) is 29.5 Å². The van der Waals surface area contributed by atoms with Gasteiger partial charge in [0.25, 0.3) is 0 Å². The maximum Gasteiger partial charge on any atom is 0.410 e. The number of carbonyl (C=O) groups excluding carboxylic acids is 1. The number of amides is 1. The van der Waals surface area contributed by atoms with Gasteiger partial charge in [-0.15, -0.1) is 0 Å². The maximum atomic E-state index is 13.0. The quantitative estimate of drug-likeness (QED) is 0.728. The van der Waals surface area contributed by atoms with Crippen LogP contribution in [-0.4, -0.2) is 35.9 Å². The zero-order valence-corrected chi connectivity index (χ0v) is 11.4. The van der Waals surface area contributed by atoms with Gasteiger partial charge in [-0.3, -0.25) is 0 Å². The predicted molar refractivity (Wildman–Crippen MR) is 61.1 cm³/mol. The van der Waals surface area contributed by atoms with E-state index in [4.69, 9.17) is 4.74 Å². The number of halogens is 3. The molecule has 6 heteroatoms. The SMILES string of the molecule is CC(C)C1(C(F)(F)F)CN(C(=O)OC(C)(C)C)C1. The lowest BCUT2D eigenvalue weighted by Gasteiger charge is -2.52. The summed E-state index contributed by atoms with van der Waals surface area (Å²) < 4.78 is 44.1. The first-order chi connectivity index (χ1) is 7.89. The highest BCUT2D eigenvalue weighted by Crippen LogP contribution is 2.50. The van der Waals surface area contributed by atoms with Crippen LogP contribution in [0.4, 0.5) is 18.0 Å². The minimum absolute atomic E-state index is 0.316. The predicted octanol–water partition coefficient (Wildman–Crippen LogP) is 3.44. The van der Waals surface area contributed by atoms with Gasteiger partial charge in [-0.25, -0.2) is 4.79 Å². The van der Waals surface area contributed by atoms with Crippen LogP contribution in [0.2, 0.25) is 0 Å². The standard InChI is InChI=1S/C12H20F3NO2/c1-8(2)11(12(13,14)15)6-16(7-11)9(17)18-10(3,4)5/h8H,6-7H2,1-5H3. The Kier molecular flexibility index (Phi) is 3.62. The number of alkyl halides is 3. The van der Waals surface area contributed by atoms with Gasteiger partial charge in [0.1, 0.15) is 11.0 Å². The molecule has 3 nitrogen and oxygen atoms in total. The van der Waals surface area contributed by atoms with Crippen LogP contribution < -0.4 is 0 Å². The highest BCUT2D eigenvalue weighted by Gasteiger charge is 2.64. The molecule has 0 unspecified atom stereocenters. The van der Waals surface area contributed by atoms with Crippen molar-refractivity contribution < 1.29 is 22.7 Å². The molecule has 1 fully saturated rings. The molecular formula is C12H20F3NO2. The van der Waals surface area contributed by atoms with Gasteiger partial charge in [-0.1, -0.05) is 13.8 Å². The number of ether oxygens (including phenoxy) is 1. The van der Waals surface area contributed by atoms with E-state index in [1.54, 1.807) is 20.8 Å². The maximum absolute atomic E-state index is 13.0. The lowest BCUT2D eigenvalue weighted by atomic mass is 9.70. The first-order valence-corrected chi connectivity index (χ1v) is 5.94. The molecule has 0 radical (unpaired) electrons. The van der Waals surface area contributed by atoms with Gasteiger partial charge in [-0.05, 0) is 26.7 Å². The molecule has 1 heterocycles. The molecule has 0 aromatic rings. The van der Waals surface area contributed by atoms with Gasteiger partial charge < -0.3 is 9.64 Å². The molecule has 0 N–H and O–H groups in total. The molecule has 0 spiro atoms. The Labute approximate surface area is 105 Å². The van der Waals surface area contributed by atoms with Crippen molar-refractivity contribution in [2.75, 3.05) is 13.1 Å². The summed E-state index contributed by atoms with van der Waals surface area (Å²) in [5, 5.41) is 0. The average molecular weight is 267 g/mol. The summed E-state index contributed by atoms with van der Waals surface area (Å²) in [6.07, 6.45) is -4.97. The molecule has 1 saturated heterocycles. The highest BCUT2D eigenvalue weighted by molar-refractivity contribution is 5.69. The third kappa shape index (κ3) is 2.72. The normalized spacial score (nSPS) is 19.7. The van der Waals surface area contributed by atoms with E-state index in [0.29, 0.717) is 0 Å². The van der Waals surface area contributed by atoms with E-state index < -0.39 is 29.2 Å². The molecule has 106 valence electrons. The third-order valence-corrected chi connectivity index (χ3v) is 3.27. The van der Waals surface area contributed by atoms with Crippen LogP contribution >= 0.6 is 0 Å². The van der Waals surface area contributed by atoms with Crippen molar-refractivity contribution in [2.45, 2.75) is 46.4 Å². The van der Waals surface area contributed by atoms with Gasteiger partial charge in [0.05, 0.1) is 0 Å². The minimum Gasteiger partial charge on any atom is -0.444 e. The van der Waals surface area contributed by atoms with Crippen molar-refractivity contribution in [3.8, 4) is 0 Å². The van der Waals surface area contributed by atoms with Crippen molar-refractivity contribution in [1.82, 2.24) is 4.90 Å². The van der Waals surface area contributed by atoms with Crippen LogP contribution in [0.5, 0.6) is 0 Å². The van der Waals surface area contributed by atoms with Crippen molar-refractivity contribution in [3.05, 3.63) is 0 Å². The first kappa shape index (κ1) is 15.1.